The largest absolute Gasteiger partial charge is 0.438 e. The number of halogens is 1. The monoisotopic (exact) mass is 814 g/mol. The van der Waals surface area contributed by atoms with Gasteiger partial charge in [0.05, 0.1) is 17.4 Å². The Morgan fingerprint density at radius 1 is 0.917 bits per heavy atom. The number of nitrogens with one attached hydrogen (secondary N) is 1. The van der Waals surface area contributed by atoms with Crippen LogP contribution in [0.3, 0.4) is 0 Å². The third kappa shape index (κ3) is 5.84. The fourth-order valence-corrected chi connectivity index (χ4v) is 9.85. The SMILES string of the molecule is Cc1cc(-n2c(N3CCN(c4ccccc4)C3=O)nc3c(c2=O)CCN(C(=O)c2cc4cc(C5CCOCC5)ccc4n2[C@@]2(c4noc(=O)[nH]4)C[C@@H]2C)[C@H]3C)cc(C)c1F.[HH]. The average molecular weight is 815 g/mol. The third-order valence-electron chi connectivity index (χ3n) is 13.2. The van der Waals surface area contributed by atoms with E-state index in [2.05, 4.69) is 35.3 Å². The number of carbonyl (C=O) groups is 2. The number of nitrogens with zero attached hydrogens (tertiary/aromatic N) is 7. The first-order chi connectivity index (χ1) is 29.0. The molecule has 10 rings (SSSR count). The number of H-pyrrole nitrogens is 1. The molecule has 310 valence electrons. The Morgan fingerprint density at radius 3 is 2.32 bits per heavy atom. The van der Waals surface area contributed by atoms with E-state index < -0.39 is 17.3 Å². The minimum absolute atomic E-state index is 0. The van der Waals surface area contributed by atoms with Crippen LogP contribution < -0.4 is 21.1 Å². The number of benzene rings is 3. The molecular weight excluding hydrogens is 768 g/mol. The standard InChI is InChI=1S/C45H45FN8O6.H2/c1-25-20-33(21-26(2)37(25)46)53-39(55)34-12-15-50(28(4)38(34)47-42(53)52-17-16-51(44(52)58)32-8-6-5-7-9-32)40(56)36-23-31-22-30(29-13-18-59-19-14-29)10-11-35(31)54(36)45(24-27(45)3)41-48-43(57)60-49-41;/h5-11,20-23,27-29H,12-19,24H2,1-4H3,(H,48,49,57);1H/t27-,28-,45-;/m0./s1. The van der Waals surface area contributed by atoms with Crippen molar-refractivity contribution in [3.63, 3.8) is 0 Å². The highest BCUT2D eigenvalue weighted by atomic mass is 19.1. The van der Waals surface area contributed by atoms with Crippen LogP contribution in [0.4, 0.5) is 20.8 Å². The molecule has 0 spiro atoms. The molecule has 6 heterocycles. The number of ether oxygens (including phenoxy) is 1. The maximum Gasteiger partial charge on any atom is 0.438 e. The molecule has 3 fully saturated rings. The Bertz CT molecular complexity index is 2820. The lowest BCUT2D eigenvalue weighted by molar-refractivity contribution is 0.0658. The molecule has 3 aliphatic heterocycles. The van der Waals surface area contributed by atoms with Crippen molar-refractivity contribution < 1.29 is 24.7 Å². The normalized spacial score (nSPS) is 21.9. The van der Waals surface area contributed by atoms with Crippen molar-refractivity contribution >= 4 is 34.5 Å². The summed E-state index contributed by atoms with van der Waals surface area (Å²) in [6.07, 6.45) is 2.64. The summed E-state index contributed by atoms with van der Waals surface area (Å²) in [4.78, 5) is 69.4. The first-order valence-corrected chi connectivity index (χ1v) is 20.6. The molecular formula is C45H47FN8O6. The summed E-state index contributed by atoms with van der Waals surface area (Å²) in [6.45, 7) is 9.41. The minimum atomic E-state index is -0.832. The molecule has 3 amide bonds. The molecule has 0 radical (unpaired) electrons. The summed E-state index contributed by atoms with van der Waals surface area (Å²) in [5.41, 5.74) is 3.87. The Labute approximate surface area is 345 Å². The number of hydrogen-bond acceptors (Lipinski definition) is 8. The van der Waals surface area contributed by atoms with Gasteiger partial charge in [0, 0.05) is 56.4 Å². The van der Waals surface area contributed by atoms with Crippen LogP contribution in [0.1, 0.15) is 90.8 Å². The van der Waals surface area contributed by atoms with E-state index in [0.29, 0.717) is 77.4 Å². The predicted molar refractivity (Wildman–Crippen MR) is 224 cm³/mol. The summed E-state index contributed by atoms with van der Waals surface area (Å²) in [6, 6.07) is 19.7. The van der Waals surface area contributed by atoms with Gasteiger partial charge in [0.25, 0.3) is 11.5 Å². The maximum atomic E-state index is 15.2. The molecule has 1 saturated carbocycles. The second-order valence-corrected chi connectivity index (χ2v) is 16.7. The van der Waals surface area contributed by atoms with E-state index in [0.717, 1.165) is 23.7 Å². The van der Waals surface area contributed by atoms with E-state index in [4.69, 9.17) is 14.2 Å². The summed E-state index contributed by atoms with van der Waals surface area (Å²) in [5.74, 6) is -0.503. The first-order valence-electron chi connectivity index (χ1n) is 20.6. The molecule has 60 heavy (non-hydrogen) atoms. The number of carbonyl (C=O) groups excluding carboxylic acids is 2. The van der Waals surface area contributed by atoms with Crippen molar-refractivity contribution in [3.8, 4) is 5.69 Å². The highest BCUT2D eigenvalue weighted by Gasteiger charge is 2.59. The summed E-state index contributed by atoms with van der Waals surface area (Å²) < 4.78 is 29.0. The minimum Gasteiger partial charge on any atom is -0.381 e. The Hall–Kier alpha value is -6.35. The zero-order valence-electron chi connectivity index (χ0n) is 33.9. The number of anilines is 2. The van der Waals surface area contributed by atoms with E-state index >= 15 is 4.79 Å². The quantitative estimate of drug-likeness (QED) is 0.186. The van der Waals surface area contributed by atoms with E-state index in [9.17, 15) is 18.8 Å². The number of aromatic amines is 1. The van der Waals surface area contributed by atoms with Gasteiger partial charge in [0.15, 0.2) is 5.82 Å². The molecule has 2 saturated heterocycles. The van der Waals surface area contributed by atoms with Gasteiger partial charge in [-0.05, 0) is 117 Å². The number of para-hydroxylation sites is 1. The lowest BCUT2D eigenvalue weighted by Gasteiger charge is -2.36. The van der Waals surface area contributed by atoms with Crippen molar-refractivity contribution in [2.45, 2.75) is 70.9 Å². The Balaban J connectivity index is 0.00000476. The molecule has 0 unspecified atom stereocenters. The second-order valence-electron chi connectivity index (χ2n) is 16.7. The van der Waals surface area contributed by atoms with Gasteiger partial charge in [-0.1, -0.05) is 36.3 Å². The van der Waals surface area contributed by atoms with Crippen molar-refractivity contribution in [2.75, 3.05) is 42.6 Å². The zero-order valence-corrected chi connectivity index (χ0v) is 33.9. The highest BCUT2D eigenvalue weighted by Crippen LogP contribution is 2.56. The lowest BCUT2D eigenvalue weighted by Crippen LogP contribution is -2.45. The summed E-state index contributed by atoms with van der Waals surface area (Å²) >= 11 is 0. The van der Waals surface area contributed by atoms with Crippen LogP contribution >= 0.6 is 0 Å². The maximum absolute atomic E-state index is 15.2. The molecule has 3 atom stereocenters. The molecule has 14 nitrogen and oxygen atoms in total. The molecule has 0 bridgehead atoms. The van der Waals surface area contributed by atoms with Crippen molar-refractivity contribution in [2.24, 2.45) is 5.92 Å². The number of hydrogen-bond donors (Lipinski definition) is 1. The van der Waals surface area contributed by atoms with Crippen LogP contribution in [-0.4, -0.2) is 73.9 Å². The number of aryl methyl sites for hydroxylation is 2. The van der Waals surface area contributed by atoms with Gasteiger partial charge in [-0.25, -0.2) is 23.5 Å². The smallest absolute Gasteiger partial charge is 0.381 e. The number of rotatable bonds is 7. The number of urea groups is 1. The van der Waals surface area contributed by atoms with Gasteiger partial charge in [-0.15, -0.1) is 0 Å². The van der Waals surface area contributed by atoms with Crippen molar-refractivity contribution in [1.82, 2.24) is 29.2 Å². The first kappa shape index (κ1) is 37.9. The number of fused-ring (bicyclic) bond motifs is 2. The van der Waals surface area contributed by atoms with Gasteiger partial charge in [-0.3, -0.25) is 28.9 Å². The van der Waals surface area contributed by atoms with E-state index in [-0.39, 0.29) is 56.1 Å². The lowest BCUT2D eigenvalue weighted by atomic mass is 9.91. The van der Waals surface area contributed by atoms with E-state index in [1.807, 2.05) is 47.9 Å². The third-order valence-corrected chi connectivity index (χ3v) is 13.2. The topological polar surface area (TPSA) is 152 Å². The van der Waals surface area contributed by atoms with Crippen LogP contribution in [0.25, 0.3) is 16.6 Å². The molecule has 3 aromatic carbocycles. The predicted octanol–water partition coefficient (Wildman–Crippen LogP) is 6.75. The molecule has 1 aliphatic carbocycles. The van der Waals surface area contributed by atoms with Crippen LogP contribution in [0, 0.1) is 25.6 Å². The van der Waals surface area contributed by atoms with Gasteiger partial charge < -0.3 is 14.2 Å². The molecule has 4 aliphatic rings. The fourth-order valence-electron chi connectivity index (χ4n) is 9.85. The van der Waals surface area contributed by atoms with Crippen LogP contribution in [0.2, 0.25) is 0 Å². The van der Waals surface area contributed by atoms with Gasteiger partial charge in [0.2, 0.25) is 5.95 Å². The summed E-state index contributed by atoms with van der Waals surface area (Å²) in [7, 11) is 0. The molecule has 1 N–H and O–H groups in total. The highest BCUT2D eigenvalue weighted by molar-refractivity contribution is 6.05. The summed E-state index contributed by atoms with van der Waals surface area (Å²) in [5, 5.41) is 5.03. The molecule has 15 heteroatoms. The Morgan fingerprint density at radius 2 is 1.63 bits per heavy atom. The van der Waals surface area contributed by atoms with E-state index in [1.54, 1.807) is 35.8 Å². The van der Waals surface area contributed by atoms with Crippen molar-refractivity contribution in [3.05, 3.63) is 133 Å². The molecule has 6 aromatic rings. The van der Waals surface area contributed by atoms with Crippen LogP contribution in [0.15, 0.2) is 80.8 Å². The van der Waals surface area contributed by atoms with Crippen LogP contribution in [-0.2, 0) is 16.7 Å². The van der Waals surface area contributed by atoms with E-state index in [1.165, 1.54) is 15.0 Å². The number of amides is 3. The fraction of sp³-hybridized carbons (Fsp3) is 0.378. The average Bonchev–Trinajstić information content (AvgIpc) is 3.58. The van der Waals surface area contributed by atoms with Gasteiger partial charge in [-0.2, -0.15) is 0 Å². The van der Waals surface area contributed by atoms with Crippen molar-refractivity contribution in [1.29, 1.82) is 0 Å². The van der Waals surface area contributed by atoms with Crippen LogP contribution in [0.5, 0.6) is 0 Å². The van der Waals surface area contributed by atoms with Gasteiger partial charge in [0.1, 0.15) is 17.1 Å². The second kappa shape index (κ2) is 14.1. The molecule has 3 aromatic heterocycles. The Kier molecular flexibility index (Phi) is 8.93. The number of aromatic nitrogens is 5. The van der Waals surface area contributed by atoms with Gasteiger partial charge >= 0.3 is 11.8 Å². The zero-order chi connectivity index (χ0) is 41.6.